The molecule has 9 heteroatoms. The molecule has 0 radical (unpaired) electrons. The largest absolute Gasteiger partial charge is 0.313 e. The van der Waals surface area contributed by atoms with Crippen LogP contribution in [0, 0.1) is 12.7 Å². The molecule has 2 atom stereocenters. The van der Waals surface area contributed by atoms with E-state index >= 15 is 0 Å². The molecule has 29 heavy (non-hydrogen) atoms. The number of hydrogen-bond acceptors (Lipinski definition) is 4. The van der Waals surface area contributed by atoms with E-state index in [9.17, 15) is 17.6 Å². The minimum atomic E-state index is -3.21. The van der Waals surface area contributed by atoms with Crippen LogP contribution in [0.4, 0.5) is 10.1 Å². The highest BCUT2D eigenvalue weighted by Gasteiger charge is 2.50. The molecule has 0 aliphatic carbocycles. The summed E-state index contributed by atoms with van der Waals surface area (Å²) >= 11 is 4.47. The van der Waals surface area contributed by atoms with Crippen LogP contribution in [0.2, 0.25) is 0 Å². The maximum atomic E-state index is 14.7. The molecule has 0 unspecified atom stereocenters. The summed E-state index contributed by atoms with van der Waals surface area (Å²) in [6, 6.07) is 11.8. The van der Waals surface area contributed by atoms with E-state index < -0.39 is 21.7 Å². The van der Waals surface area contributed by atoms with Crippen LogP contribution in [0.1, 0.15) is 11.1 Å². The first-order chi connectivity index (χ1) is 13.7. The Morgan fingerprint density at radius 3 is 2.79 bits per heavy atom. The standard InChI is InChI=1S/C20H18BrFN2O3S2/c1-12-3-2-4-13(7-12)8-19(25)23-20-24(16-6-5-14(21)9-15(16)22)17-10-29(26,27)11-18(17)28-20/h2-7,9,17-18H,8,10-11H2,1H3/t17-,18+/m1/s1. The van der Waals surface area contributed by atoms with Gasteiger partial charge in [-0.2, -0.15) is 4.99 Å². The predicted molar refractivity (Wildman–Crippen MR) is 118 cm³/mol. The van der Waals surface area contributed by atoms with Crippen LogP contribution >= 0.6 is 27.7 Å². The third-order valence-electron chi connectivity index (χ3n) is 4.89. The minimum Gasteiger partial charge on any atom is -0.313 e. The van der Waals surface area contributed by atoms with Gasteiger partial charge < -0.3 is 4.90 Å². The number of carbonyl (C=O) groups is 1. The van der Waals surface area contributed by atoms with Crippen LogP contribution in [0.25, 0.3) is 0 Å². The van der Waals surface area contributed by atoms with Gasteiger partial charge in [-0.25, -0.2) is 12.8 Å². The number of amides is 1. The SMILES string of the molecule is Cc1cccc(CC(=O)N=C2S[C@H]3CS(=O)(=O)C[C@H]3N2c2ccc(Br)cc2F)c1. The Balaban J connectivity index is 1.67. The van der Waals surface area contributed by atoms with Crippen LogP contribution in [0.15, 0.2) is 51.9 Å². The van der Waals surface area contributed by atoms with E-state index in [0.717, 1.165) is 11.1 Å². The summed E-state index contributed by atoms with van der Waals surface area (Å²) in [6.45, 7) is 1.95. The Morgan fingerprint density at radius 2 is 2.07 bits per heavy atom. The summed E-state index contributed by atoms with van der Waals surface area (Å²) in [6.07, 6.45) is 0.135. The van der Waals surface area contributed by atoms with Gasteiger partial charge in [0.25, 0.3) is 5.91 Å². The number of amidine groups is 1. The number of nitrogens with zero attached hydrogens (tertiary/aromatic N) is 2. The molecular formula is C20H18BrFN2O3S2. The average molecular weight is 497 g/mol. The second-order valence-corrected chi connectivity index (χ2v) is 11.5. The molecule has 0 N–H and O–H groups in total. The topological polar surface area (TPSA) is 66.8 Å². The highest BCUT2D eigenvalue weighted by Crippen LogP contribution is 2.42. The summed E-state index contributed by atoms with van der Waals surface area (Å²) in [5.41, 5.74) is 2.13. The van der Waals surface area contributed by atoms with Gasteiger partial charge in [0.05, 0.1) is 29.7 Å². The molecule has 0 spiro atoms. The zero-order valence-corrected chi connectivity index (χ0v) is 18.7. The summed E-state index contributed by atoms with van der Waals surface area (Å²) in [5, 5.41) is 0.0855. The zero-order valence-electron chi connectivity index (χ0n) is 15.5. The first-order valence-corrected chi connectivity index (χ1v) is 12.5. The van der Waals surface area contributed by atoms with Gasteiger partial charge in [0.15, 0.2) is 15.0 Å². The molecule has 2 aromatic carbocycles. The van der Waals surface area contributed by atoms with Crippen molar-refractivity contribution in [3.05, 3.63) is 63.9 Å². The lowest BCUT2D eigenvalue weighted by Crippen LogP contribution is -2.38. The fourth-order valence-electron chi connectivity index (χ4n) is 3.67. The van der Waals surface area contributed by atoms with Crippen molar-refractivity contribution in [1.29, 1.82) is 0 Å². The number of aryl methyl sites for hydroxylation is 1. The third-order valence-corrected chi connectivity index (χ3v) is 8.60. The van der Waals surface area contributed by atoms with Crippen LogP contribution in [-0.4, -0.2) is 42.3 Å². The Kier molecular flexibility index (Phi) is 5.56. The van der Waals surface area contributed by atoms with Crippen LogP contribution in [0.5, 0.6) is 0 Å². The molecule has 2 saturated heterocycles. The Bertz CT molecular complexity index is 1120. The highest BCUT2D eigenvalue weighted by atomic mass is 79.9. The van der Waals surface area contributed by atoms with Gasteiger partial charge in [-0.15, -0.1) is 0 Å². The van der Waals surface area contributed by atoms with Gasteiger partial charge in [-0.05, 0) is 30.7 Å². The fraction of sp³-hybridized carbons (Fsp3) is 0.300. The summed E-state index contributed by atoms with van der Waals surface area (Å²) in [7, 11) is -3.21. The lowest BCUT2D eigenvalue weighted by molar-refractivity contribution is -0.117. The van der Waals surface area contributed by atoms with Gasteiger partial charge in [-0.1, -0.05) is 57.5 Å². The molecule has 0 aromatic heterocycles. The Labute approximate surface area is 181 Å². The molecule has 2 heterocycles. The van der Waals surface area contributed by atoms with E-state index in [1.807, 2.05) is 31.2 Å². The van der Waals surface area contributed by atoms with Crippen LogP contribution in [0.3, 0.4) is 0 Å². The molecule has 2 fully saturated rings. The van der Waals surface area contributed by atoms with E-state index in [1.54, 1.807) is 17.0 Å². The summed E-state index contributed by atoms with van der Waals surface area (Å²) < 4.78 is 39.5. The van der Waals surface area contributed by atoms with Crippen molar-refractivity contribution in [3.63, 3.8) is 0 Å². The Morgan fingerprint density at radius 1 is 1.28 bits per heavy atom. The molecule has 152 valence electrons. The van der Waals surface area contributed by atoms with E-state index in [1.165, 1.54) is 17.8 Å². The number of sulfone groups is 1. The molecule has 0 saturated carbocycles. The number of anilines is 1. The number of thioether (sulfide) groups is 1. The molecule has 1 amide bonds. The molecule has 2 aliphatic heterocycles. The number of rotatable bonds is 3. The normalized spacial score (nSPS) is 24.1. The summed E-state index contributed by atoms with van der Waals surface area (Å²) in [5.74, 6) is -0.917. The van der Waals surface area contributed by atoms with E-state index in [2.05, 4.69) is 20.9 Å². The van der Waals surface area contributed by atoms with Crippen molar-refractivity contribution >= 4 is 54.3 Å². The van der Waals surface area contributed by atoms with Crippen molar-refractivity contribution in [1.82, 2.24) is 0 Å². The lowest BCUT2D eigenvalue weighted by atomic mass is 10.1. The van der Waals surface area contributed by atoms with Gasteiger partial charge in [0.2, 0.25) is 0 Å². The first kappa shape index (κ1) is 20.6. The second kappa shape index (κ2) is 7.85. The first-order valence-electron chi connectivity index (χ1n) is 9.00. The fourth-order valence-corrected chi connectivity index (χ4v) is 7.92. The average Bonchev–Trinajstić information content (AvgIpc) is 3.06. The zero-order chi connectivity index (χ0) is 20.8. The number of aliphatic imine (C=N–C) groups is 1. The number of benzene rings is 2. The number of carbonyl (C=O) groups excluding carboxylic acids is 1. The van der Waals surface area contributed by atoms with Crippen molar-refractivity contribution in [2.75, 3.05) is 16.4 Å². The highest BCUT2D eigenvalue weighted by molar-refractivity contribution is 9.10. The summed E-state index contributed by atoms with van der Waals surface area (Å²) in [4.78, 5) is 18.4. The molecule has 2 aliphatic rings. The van der Waals surface area contributed by atoms with Crippen LogP contribution < -0.4 is 4.90 Å². The van der Waals surface area contributed by atoms with Crippen molar-refractivity contribution in [2.45, 2.75) is 24.6 Å². The van der Waals surface area contributed by atoms with Gasteiger partial charge in [0.1, 0.15) is 5.82 Å². The molecular weight excluding hydrogens is 479 g/mol. The van der Waals surface area contributed by atoms with Crippen molar-refractivity contribution in [3.8, 4) is 0 Å². The van der Waals surface area contributed by atoms with E-state index in [-0.39, 0.29) is 34.8 Å². The number of fused-ring (bicyclic) bond motifs is 1. The third kappa shape index (κ3) is 4.41. The lowest BCUT2D eigenvalue weighted by Gasteiger charge is -2.25. The number of hydrogen-bond donors (Lipinski definition) is 0. The van der Waals surface area contributed by atoms with Gasteiger partial charge >= 0.3 is 0 Å². The molecule has 2 aromatic rings. The van der Waals surface area contributed by atoms with Crippen LogP contribution in [-0.2, 0) is 21.1 Å². The van der Waals surface area contributed by atoms with E-state index in [4.69, 9.17) is 0 Å². The number of halogens is 2. The maximum absolute atomic E-state index is 14.7. The monoisotopic (exact) mass is 496 g/mol. The quantitative estimate of drug-likeness (QED) is 0.647. The molecule has 4 rings (SSSR count). The maximum Gasteiger partial charge on any atom is 0.252 e. The molecule has 5 nitrogen and oxygen atoms in total. The second-order valence-electron chi connectivity index (χ2n) is 7.22. The van der Waals surface area contributed by atoms with Crippen molar-refractivity contribution in [2.24, 2.45) is 4.99 Å². The van der Waals surface area contributed by atoms with E-state index in [0.29, 0.717) is 9.64 Å². The van der Waals surface area contributed by atoms with Crippen molar-refractivity contribution < 1.29 is 17.6 Å². The Hall–Kier alpha value is -1.71. The minimum absolute atomic E-state index is 0.00205. The predicted octanol–water partition coefficient (Wildman–Crippen LogP) is 3.74. The van der Waals surface area contributed by atoms with Gasteiger partial charge in [-0.3, -0.25) is 4.79 Å². The molecule has 0 bridgehead atoms. The van der Waals surface area contributed by atoms with Gasteiger partial charge in [0, 0.05) is 9.72 Å². The smallest absolute Gasteiger partial charge is 0.252 e.